The van der Waals surface area contributed by atoms with Crippen LogP contribution in [-0.4, -0.2) is 22.6 Å². The Morgan fingerprint density at radius 2 is 2.16 bits per heavy atom. The Labute approximate surface area is 112 Å². The monoisotopic (exact) mass is 255 g/mol. The van der Waals surface area contributed by atoms with Gasteiger partial charge < -0.3 is 14.3 Å². The number of rotatable bonds is 5. The fraction of sp³-hybridized carbons (Fsp3) is 0.267. The Kier molecular flexibility index (Phi) is 3.33. The van der Waals surface area contributed by atoms with Crippen molar-refractivity contribution in [2.45, 2.75) is 19.0 Å². The molecule has 2 aromatic heterocycles. The van der Waals surface area contributed by atoms with Gasteiger partial charge in [-0.2, -0.15) is 0 Å². The second-order valence-corrected chi connectivity index (χ2v) is 4.65. The van der Waals surface area contributed by atoms with E-state index in [-0.39, 0.29) is 0 Å². The normalized spacial score (nSPS) is 12.9. The van der Waals surface area contributed by atoms with Crippen molar-refractivity contribution in [2.24, 2.45) is 0 Å². The highest BCUT2D eigenvalue weighted by molar-refractivity contribution is 5.74. The Balaban J connectivity index is 1.78. The smallest absolute Gasteiger partial charge is 0.105 e. The molecule has 2 heterocycles. The minimum absolute atomic E-state index is 0.323. The van der Waals surface area contributed by atoms with Crippen LogP contribution < -0.4 is 5.32 Å². The average Bonchev–Trinajstić information content (AvgIpc) is 3.08. The van der Waals surface area contributed by atoms with Gasteiger partial charge in [0.25, 0.3) is 0 Å². The number of hydrogen-bond acceptors (Lipinski definition) is 3. The van der Waals surface area contributed by atoms with Crippen molar-refractivity contribution in [3.8, 4) is 0 Å². The number of hydrogen-bond donors (Lipinski definition) is 1. The van der Waals surface area contributed by atoms with E-state index in [4.69, 9.17) is 4.42 Å². The highest BCUT2D eigenvalue weighted by Crippen LogP contribution is 2.13. The minimum Gasteiger partial charge on any atom is -0.469 e. The molecule has 3 rings (SSSR count). The molecule has 0 saturated carbocycles. The van der Waals surface area contributed by atoms with Crippen LogP contribution >= 0.6 is 0 Å². The lowest BCUT2D eigenvalue weighted by molar-refractivity contribution is 0.427. The van der Waals surface area contributed by atoms with Crippen LogP contribution in [0.25, 0.3) is 11.0 Å². The van der Waals surface area contributed by atoms with Crippen LogP contribution in [0.4, 0.5) is 0 Å². The first kappa shape index (κ1) is 12.0. The van der Waals surface area contributed by atoms with E-state index in [1.165, 1.54) is 5.52 Å². The molecule has 0 aliphatic rings. The van der Waals surface area contributed by atoms with Gasteiger partial charge >= 0.3 is 0 Å². The number of nitrogens with one attached hydrogen (secondary N) is 1. The summed E-state index contributed by atoms with van der Waals surface area (Å²) >= 11 is 0. The van der Waals surface area contributed by atoms with Gasteiger partial charge in [-0.3, -0.25) is 0 Å². The lowest BCUT2D eigenvalue weighted by Gasteiger charge is -2.16. The van der Waals surface area contributed by atoms with Crippen LogP contribution in [0.15, 0.2) is 53.4 Å². The summed E-state index contributed by atoms with van der Waals surface area (Å²) in [6.45, 7) is 0.873. The van der Waals surface area contributed by atoms with Crippen molar-refractivity contribution in [3.63, 3.8) is 0 Å². The SMILES string of the molecule is CNC(Cc1ccco1)Cn1cnc2ccccc21. The summed E-state index contributed by atoms with van der Waals surface area (Å²) in [5, 5.41) is 3.33. The number of imidazole rings is 1. The lowest BCUT2D eigenvalue weighted by Crippen LogP contribution is -2.32. The Bertz CT molecular complexity index is 642. The third kappa shape index (κ3) is 2.53. The summed E-state index contributed by atoms with van der Waals surface area (Å²) < 4.78 is 7.59. The summed E-state index contributed by atoms with van der Waals surface area (Å²) in [7, 11) is 1.98. The van der Waals surface area contributed by atoms with Crippen molar-refractivity contribution in [2.75, 3.05) is 7.05 Å². The minimum atomic E-state index is 0.323. The summed E-state index contributed by atoms with van der Waals surface area (Å²) in [5.41, 5.74) is 2.21. The molecule has 1 unspecified atom stereocenters. The summed E-state index contributed by atoms with van der Waals surface area (Å²) in [5.74, 6) is 1.00. The Morgan fingerprint density at radius 3 is 2.95 bits per heavy atom. The van der Waals surface area contributed by atoms with Gasteiger partial charge in [0.05, 0.1) is 23.6 Å². The zero-order valence-electron chi connectivity index (χ0n) is 10.9. The molecular formula is C15H17N3O. The maximum absolute atomic E-state index is 5.41. The zero-order chi connectivity index (χ0) is 13.1. The van der Waals surface area contributed by atoms with Gasteiger partial charge in [-0.05, 0) is 31.3 Å². The topological polar surface area (TPSA) is 43.0 Å². The van der Waals surface area contributed by atoms with E-state index in [0.717, 1.165) is 24.2 Å². The third-order valence-electron chi connectivity index (χ3n) is 3.38. The number of benzene rings is 1. The molecule has 0 saturated heterocycles. The van der Waals surface area contributed by atoms with Crippen LogP contribution in [0, 0.1) is 0 Å². The molecule has 0 bridgehead atoms. The molecule has 19 heavy (non-hydrogen) atoms. The number of furan rings is 1. The van der Waals surface area contributed by atoms with E-state index in [1.807, 2.05) is 43.7 Å². The molecular weight excluding hydrogens is 238 g/mol. The molecule has 1 N–H and O–H groups in total. The quantitative estimate of drug-likeness (QED) is 0.761. The maximum Gasteiger partial charge on any atom is 0.105 e. The molecule has 1 aromatic carbocycles. The number of nitrogens with zero attached hydrogens (tertiary/aromatic N) is 2. The van der Waals surface area contributed by atoms with E-state index >= 15 is 0 Å². The predicted octanol–water partition coefficient (Wildman–Crippen LogP) is 2.46. The van der Waals surface area contributed by atoms with Gasteiger partial charge in [0.2, 0.25) is 0 Å². The molecule has 0 spiro atoms. The molecule has 4 heteroatoms. The molecule has 0 amide bonds. The van der Waals surface area contributed by atoms with Gasteiger partial charge in [-0.25, -0.2) is 4.98 Å². The van der Waals surface area contributed by atoms with Crippen molar-refractivity contribution >= 4 is 11.0 Å². The highest BCUT2D eigenvalue weighted by atomic mass is 16.3. The number of aromatic nitrogens is 2. The van der Waals surface area contributed by atoms with Gasteiger partial charge in [-0.15, -0.1) is 0 Å². The van der Waals surface area contributed by atoms with Gasteiger partial charge in [-0.1, -0.05) is 12.1 Å². The van der Waals surface area contributed by atoms with Crippen LogP contribution in [-0.2, 0) is 13.0 Å². The summed E-state index contributed by atoms with van der Waals surface area (Å²) in [6.07, 6.45) is 4.49. The fourth-order valence-electron chi connectivity index (χ4n) is 2.32. The van der Waals surface area contributed by atoms with E-state index in [1.54, 1.807) is 6.26 Å². The molecule has 0 aliphatic heterocycles. The molecule has 3 aromatic rings. The number of para-hydroxylation sites is 2. The second kappa shape index (κ2) is 5.28. The van der Waals surface area contributed by atoms with E-state index in [2.05, 4.69) is 20.9 Å². The van der Waals surface area contributed by atoms with Crippen LogP contribution in [0.3, 0.4) is 0 Å². The number of likely N-dealkylation sites (N-methyl/N-ethyl adjacent to an activating group) is 1. The molecule has 4 nitrogen and oxygen atoms in total. The zero-order valence-corrected chi connectivity index (χ0v) is 10.9. The van der Waals surface area contributed by atoms with Gasteiger partial charge in [0, 0.05) is 19.0 Å². The Hall–Kier alpha value is -2.07. The lowest BCUT2D eigenvalue weighted by atomic mass is 10.1. The maximum atomic E-state index is 5.41. The molecule has 0 fully saturated rings. The first-order valence-electron chi connectivity index (χ1n) is 6.46. The van der Waals surface area contributed by atoms with E-state index < -0.39 is 0 Å². The van der Waals surface area contributed by atoms with Crippen LogP contribution in [0.1, 0.15) is 5.76 Å². The summed E-state index contributed by atoms with van der Waals surface area (Å²) in [4.78, 5) is 4.41. The first-order valence-corrected chi connectivity index (χ1v) is 6.46. The van der Waals surface area contributed by atoms with Crippen LogP contribution in [0.2, 0.25) is 0 Å². The van der Waals surface area contributed by atoms with Crippen molar-refractivity contribution < 1.29 is 4.42 Å². The standard InChI is InChI=1S/C15H17N3O/c1-16-12(9-13-5-4-8-19-13)10-18-11-17-14-6-2-3-7-15(14)18/h2-8,11-12,16H,9-10H2,1H3. The van der Waals surface area contributed by atoms with Gasteiger partial charge in [0.15, 0.2) is 0 Å². The average molecular weight is 255 g/mol. The molecule has 0 radical (unpaired) electrons. The second-order valence-electron chi connectivity index (χ2n) is 4.65. The molecule has 1 atom stereocenters. The number of fused-ring (bicyclic) bond motifs is 1. The summed E-state index contributed by atoms with van der Waals surface area (Å²) in [6, 6.07) is 12.4. The molecule has 0 aliphatic carbocycles. The largest absolute Gasteiger partial charge is 0.469 e. The third-order valence-corrected chi connectivity index (χ3v) is 3.38. The van der Waals surface area contributed by atoms with Crippen LogP contribution in [0.5, 0.6) is 0 Å². The first-order chi connectivity index (χ1) is 9.36. The van der Waals surface area contributed by atoms with Crippen molar-refractivity contribution in [3.05, 3.63) is 54.7 Å². The fourth-order valence-corrected chi connectivity index (χ4v) is 2.32. The van der Waals surface area contributed by atoms with E-state index in [9.17, 15) is 0 Å². The van der Waals surface area contributed by atoms with Crippen molar-refractivity contribution in [1.82, 2.24) is 14.9 Å². The highest BCUT2D eigenvalue weighted by Gasteiger charge is 2.11. The van der Waals surface area contributed by atoms with E-state index in [0.29, 0.717) is 6.04 Å². The van der Waals surface area contributed by atoms with Gasteiger partial charge in [0.1, 0.15) is 5.76 Å². The van der Waals surface area contributed by atoms with Crippen molar-refractivity contribution in [1.29, 1.82) is 0 Å². The Morgan fingerprint density at radius 1 is 1.26 bits per heavy atom. The predicted molar refractivity (Wildman–Crippen MR) is 75.0 cm³/mol. The molecule has 98 valence electrons.